The van der Waals surface area contributed by atoms with Gasteiger partial charge in [0.25, 0.3) is 0 Å². The molecular formula is C19H22ClFN2O2. The van der Waals surface area contributed by atoms with Gasteiger partial charge in [0.15, 0.2) is 0 Å². The van der Waals surface area contributed by atoms with Crippen LogP contribution in [0.25, 0.3) is 0 Å². The molecule has 0 heterocycles. The Bertz CT molecular complexity index is 744. The molecule has 1 amide bonds. The molecule has 0 spiro atoms. The van der Waals surface area contributed by atoms with Crippen LogP contribution in [-0.2, 0) is 17.8 Å². The standard InChI is InChI=1S/C19H22ClFN2O2/c1-19(2,3)25-18(24)23-12-14-6-4-5-7-17(14)22-11-13-8-9-15(20)10-16(13)21/h4-10,22H,11-12H2,1-3H3,(H,23,24). The van der Waals surface area contributed by atoms with Gasteiger partial charge in [-0.1, -0.05) is 35.9 Å². The van der Waals surface area contributed by atoms with Crippen molar-refractivity contribution >= 4 is 23.4 Å². The fourth-order valence-electron chi connectivity index (χ4n) is 2.18. The average molecular weight is 365 g/mol. The molecule has 0 saturated carbocycles. The quantitative estimate of drug-likeness (QED) is 0.774. The van der Waals surface area contributed by atoms with Crippen LogP contribution >= 0.6 is 11.6 Å². The first-order valence-electron chi connectivity index (χ1n) is 7.97. The Morgan fingerprint density at radius 2 is 1.84 bits per heavy atom. The Kier molecular flexibility index (Phi) is 6.26. The van der Waals surface area contributed by atoms with Crippen LogP contribution in [-0.4, -0.2) is 11.7 Å². The smallest absolute Gasteiger partial charge is 0.407 e. The van der Waals surface area contributed by atoms with Gasteiger partial charge in [0.2, 0.25) is 0 Å². The predicted molar refractivity (Wildman–Crippen MR) is 98.3 cm³/mol. The third-order valence-electron chi connectivity index (χ3n) is 3.32. The zero-order valence-electron chi connectivity index (χ0n) is 14.5. The van der Waals surface area contributed by atoms with Crippen molar-refractivity contribution in [1.29, 1.82) is 0 Å². The van der Waals surface area contributed by atoms with Crippen molar-refractivity contribution in [3.8, 4) is 0 Å². The second kappa shape index (κ2) is 8.21. The summed E-state index contributed by atoms with van der Waals surface area (Å²) in [6.45, 7) is 6.04. The van der Waals surface area contributed by atoms with Crippen LogP contribution in [0.15, 0.2) is 42.5 Å². The van der Waals surface area contributed by atoms with E-state index in [-0.39, 0.29) is 5.82 Å². The topological polar surface area (TPSA) is 50.4 Å². The van der Waals surface area contributed by atoms with Crippen molar-refractivity contribution in [2.24, 2.45) is 0 Å². The fourth-order valence-corrected chi connectivity index (χ4v) is 2.34. The number of nitrogens with one attached hydrogen (secondary N) is 2. The monoisotopic (exact) mass is 364 g/mol. The molecule has 2 N–H and O–H groups in total. The van der Waals surface area contributed by atoms with Crippen molar-refractivity contribution in [2.75, 3.05) is 5.32 Å². The molecule has 134 valence electrons. The first-order chi connectivity index (χ1) is 11.7. The Labute approximate surface area is 152 Å². The molecule has 2 aromatic rings. The summed E-state index contributed by atoms with van der Waals surface area (Å²) in [4.78, 5) is 11.8. The molecule has 0 aliphatic heterocycles. The first-order valence-corrected chi connectivity index (χ1v) is 8.35. The minimum absolute atomic E-state index is 0.307. The Hall–Kier alpha value is -2.27. The summed E-state index contributed by atoms with van der Waals surface area (Å²) < 4.78 is 19.1. The molecule has 0 aliphatic carbocycles. The number of anilines is 1. The summed E-state index contributed by atoms with van der Waals surface area (Å²) in [5, 5.41) is 6.27. The van der Waals surface area contributed by atoms with E-state index in [1.54, 1.807) is 12.1 Å². The number of carbonyl (C=O) groups is 1. The van der Waals surface area contributed by atoms with Crippen LogP contribution in [0.5, 0.6) is 0 Å². The number of hydrogen-bond donors (Lipinski definition) is 2. The highest BCUT2D eigenvalue weighted by atomic mass is 35.5. The molecule has 0 fully saturated rings. The van der Waals surface area contributed by atoms with E-state index in [0.29, 0.717) is 23.7 Å². The zero-order chi connectivity index (χ0) is 18.4. The Balaban J connectivity index is 1.99. The van der Waals surface area contributed by atoms with Gasteiger partial charge in [-0.3, -0.25) is 0 Å². The van der Waals surface area contributed by atoms with Crippen LogP contribution in [0.4, 0.5) is 14.9 Å². The summed E-state index contributed by atoms with van der Waals surface area (Å²) >= 11 is 5.76. The summed E-state index contributed by atoms with van der Waals surface area (Å²) in [6, 6.07) is 12.1. The second-order valence-electron chi connectivity index (χ2n) is 6.60. The fraction of sp³-hybridized carbons (Fsp3) is 0.316. The van der Waals surface area contributed by atoms with E-state index in [1.165, 1.54) is 6.07 Å². The molecule has 4 nitrogen and oxygen atoms in total. The van der Waals surface area contributed by atoms with E-state index >= 15 is 0 Å². The van der Waals surface area contributed by atoms with Crippen molar-refractivity contribution in [1.82, 2.24) is 5.32 Å². The molecule has 2 rings (SSSR count). The lowest BCUT2D eigenvalue weighted by molar-refractivity contribution is 0.0523. The van der Waals surface area contributed by atoms with E-state index in [0.717, 1.165) is 11.3 Å². The number of hydrogen-bond acceptors (Lipinski definition) is 3. The minimum atomic E-state index is -0.548. The number of benzene rings is 2. The van der Waals surface area contributed by atoms with Gasteiger partial charge in [-0.2, -0.15) is 0 Å². The third-order valence-corrected chi connectivity index (χ3v) is 3.56. The molecule has 0 unspecified atom stereocenters. The zero-order valence-corrected chi connectivity index (χ0v) is 15.3. The van der Waals surface area contributed by atoms with Gasteiger partial charge in [-0.25, -0.2) is 9.18 Å². The van der Waals surface area contributed by atoms with Gasteiger partial charge in [-0.15, -0.1) is 0 Å². The maximum atomic E-state index is 13.9. The van der Waals surface area contributed by atoms with Crippen LogP contribution in [0.3, 0.4) is 0 Å². The van der Waals surface area contributed by atoms with Crippen molar-refractivity contribution in [3.05, 3.63) is 64.4 Å². The van der Waals surface area contributed by atoms with Crippen molar-refractivity contribution in [3.63, 3.8) is 0 Å². The van der Waals surface area contributed by atoms with Gasteiger partial charge in [0, 0.05) is 29.4 Å². The minimum Gasteiger partial charge on any atom is -0.444 e. The molecule has 0 aliphatic rings. The lowest BCUT2D eigenvalue weighted by atomic mass is 10.1. The van der Waals surface area contributed by atoms with Crippen LogP contribution in [0, 0.1) is 5.82 Å². The van der Waals surface area contributed by atoms with Crippen molar-refractivity contribution < 1.29 is 13.9 Å². The number of alkyl carbamates (subject to hydrolysis) is 1. The molecule has 0 aromatic heterocycles. The van der Waals surface area contributed by atoms with Gasteiger partial charge >= 0.3 is 6.09 Å². The largest absolute Gasteiger partial charge is 0.444 e. The highest BCUT2D eigenvalue weighted by Crippen LogP contribution is 2.19. The molecule has 25 heavy (non-hydrogen) atoms. The van der Waals surface area contributed by atoms with E-state index in [9.17, 15) is 9.18 Å². The summed E-state index contributed by atoms with van der Waals surface area (Å²) in [5.41, 5.74) is 1.66. The molecule has 6 heteroatoms. The lowest BCUT2D eigenvalue weighted by Gasteiger charge is -2.20. The van der Waals surface area contributed by atoms with Gasteiger partial charge < -0.3 is 15.4 Å². The summed E-state index contributed by atoms with van der Waals surface area (Å²) in [5.74, 6) is -0.357. The van der Waals surface area contributed by atoms with Crippen molar-refractivity contribution in [2.45, 2.75) is 39.5 Å². The highest BCUT2D eigenvalue weighted by Gasteiger charge is 2.16. The SMILES string of the molecule is CC(C)(C)OC(=O)NCc1ccccc1NCc1ccc(Cl)cc1F. The van der Waals surface area contributed by atoms with Gasteiger partial charge in [-0.05, 0) is 44.5 Å². The normalized spacial score (nSPS) is 11.1. The summed E-state index contributed by atoms with van der Waals surface area (Å²) in [6.07, 6.45) is -0.481. The molecule has 0 bridgehead atoms. The molecule has 0 atom stereocenters. The number of amides is 1. The maximum Gasteiger partial charge on any atom is 0.407 e. The van der Waals surface area contributed by atoms with Crippen LogP contribution in [0.2, 0.25) is 5.02 Å². The average Bonchev–Trinajstić information content (AvgIpc) is 2.51. The molecule has 2 aromatic carbocycles. The molecule has 0 saturated heterocycles. The second-order valence-corrected chi connectivity index (χ2v) is 7.04. The van der Waals surface area contributed by atoms with Crippen LogP contribution in [0.1, 0.15) is 31.9 Å². The number of rotatable bonds is 5. The van der Waals surface area contributed by atoms with E-state index in [1.807, 2.05) is 45.0 Å². The number of carbonyl (C=O) groups excluding carboxylic acids is 1. The van der Waals surface area contributed by atoms with Gasteiger partial charge in [0.05, 0.1) is 0 Å². The summed E-state index contributed by atoms with van der Waals surface area (Å²) in [7, 11) is 0. The Morgan fingerprint density at radius 3 is 2.52 bits per heavy atom. The molecular weight excluding hydrogens is 343 g/mol. The number of para-hydroxylation sites is 1. The predicted octanol–water partition coefficient (Wildman–Crippen LogP) is 5.12. The third kappa shape index (κ3) is 6.27. The first kappa shape index (κ1) is 19.1. The Morgan fingerprint density at radius 1 is 1.12 bits per heavy atom. The lowest BCUT2D eigenvalue weighted by Crippen LogP contribution is -2.32. The van der Waals surface area contributed by atoms with E-state index in [4.69, 9.17) is 16.3 Å². The van der Waals surface area contributed by atoms with E-state index in [2.05, 4.69) is 10.6 Å². The number of halogens is 2. The molecule has 0 radical (unpaired) electrons. The maximum absolute atomic E-state index is 13.9. The van der Waals surface area contributed by atoms with Crippen LogP contribution < -0.4 is 10.6 Å². The van der Waals surface area contributed by atoms with Gasteiger partial charge in [0.1, 0.15) is 11.4 Å². The highest BCUT2D eigenvalue weighted by molar-refractivity contribution is 6.30. The van der Waals surface area contributed by atoms with E-state index < -0.39 is 11.7 Å². The number of ether oxygens (including phenoxy) is 1.